The molecule has 32 heavy (non-hydrogen) atoms. The lowest BCUT2D eigenvalue weighted by Gasteiger charge is -2.34. The molecule has 0 saturated carbocycles. The number of rotatable bonds is 6. The Morgan fingerprint density at radius 3 is 2.38 bits per heavy atom. The maximum atomic E-state index is 9.67. The van der Waals surface area contributed by atoms with E-state index in [9.17, 15) is 5.11 Å². The molecule has 2 aliphatic heterocycles. The maximum Gasteiger partial charge on any atom is 0.229 e. The number of fused-ring (bicyclic) bond motifs is 1. The normalized spacial score (nSPS) is 18.5. The second kappa shape index (κ2) is 8.91. The van der Waals surface area contributed by atoms with Gasteiger partial charge in [0.25, 0.3) is 0 Å². The van der Waals surface area contributed by atoms with Crippen LogP contribution in [-0.2, 0) is 0 Å². The summed E-state index contributed by atoms with van der Waals surface area (Å²) in [5.41, 5.74) is 3.69. The third kappa shape index (κ3) is 4.10. The first-order valence-corrected chi connectivity index (χ1v) is 11.5. The molecule has 4 heterocycles. The molecule has 3 aromatic rings. The van der Waals surface area contributed by atoms with Crippen molar-refractivity contribution in [2.24, 2.45) is 0 Å². The molecule has 2 N–H and O–H groups in total. The number of piperazine rings is 1. The number of aliphatic hydroxyl groups excluding tert-OH is 1. The van der Waals surface area contributed by atoms with Crippen molar-refractivity contribution >= 4 is 34.3 Å². The molecule has 2 aromatic heterocycles. The summed E-state index contributed by atoms with van der Waals surface area (Å²) in [6.45, 7) is 8.21. The Hall–Kier alpha value is -2.91. The van der Waals surface area contributed by atoms with Crippen LogP contribution < -0.4 is 15.1 Å². The van der Waals surface area contributed by atoms with Gasteiger partial charge in [-0.05, 0) is 51.1 Å². The number of anilines is 4. The van der Waals surface area contributed by atoms with Crippen molar-refractivity contribution < 1.29 is 5.11 Å². The molecule has 9 nitrogen and oxygen atoms in total. The highest BCUT2D eigenvalue weighted by Crippen LogP contribution is 2.29. The molecule has 5 rings (SSSR count). The third-order valence-electron chi connectivity index (χ3n) is 6.54. The van der Waals surface area contributed by atoms with Gasteiger partial charge in [0.15, 0.2) is 17.0 Å². The largest absolute Gasteiger partial charge is 0.394 e. The lowest BCUT2D eigenvalue weighted by atomic mass is 10.2. The molecule has 0 aliphatic carbocycles. The molecular formula is C23H32N8O. The zero-order valence-electron chi connectivity index (χ0n) is 18.9. The number of hydrogen-bond acceptors (Lipinski definition) is 8. The van der Waals surface area contributed by atoms with Gasteiger partial charge < -0.3 is 29.7 Å². The molecule has 2 aliphatic rings. The number of likely N-dealkylation sites (N-methyl/N-ethyl adjacent to an activating group) is 1. The molecule has 0 spiro atoms. The zero-order chi connectivity index (χ0) is 22.1. The third-order valence-corrected chi connectivity index (χ3v) is 6.54. The summed E-state index contributed by atoms with van der Waals surface area (Å²) in [4.78, 5) is 21.3. The predicted molar refractivity (Wildman–Crippen MR) is 128 cm³/mol. The highest BCUT2D eigenvalue weighted by Gasteiger charge is 2.21. The standard InChI is InChI=1S/C23H32N8O/c1-17(15-32)31-16-24-20-21(26-23(27-22(20)31)30-9-3-4-10-30)25-18-5-7-19(8-6-18)29-13-11-28(2)12-14-29/h5-8,16-17,32H,3-4,9-15H2,1-2H3,(H,25,26,27). The van der Waals surface area contributed by atoms with Gasteiger partial charge in [-0.2, -0.15) is 9.97 Å². The van der Waals surface area contributed by atoms with Gasteiger partial charge in [0.1, 0.15) is 0 Å². The van der Waals surface area contributed by atoms with Gasteiger partial charge in [0.2, 0.25) is 5.95 Å². The van der Waals surface area contributed by atoms with E-state index in [1.54, 1.807) is 6.33 Å². The predicted octanol–water partition coefficient (Wildman–Crippen LogP) is 2.48. The quantitative estimate of drug-likeness (QED) is 0.610. The summed E-state index contributed by atoms with van der Waals surface area (Å²) >= 11 is 0. The van der Waals surface area contributed by atoms with Crippen LogP contribution >= 0.6 is 0 Å². The Balaban J connectivity index is 1.44. The van der Waals surface area contributed by atoms with Crippen LogP contribution in [0.25, 0.3) is 11.2 Å². The smallest absolute Gasteiger partial charge is 0.229 e. The van der Waals surface area contributed by atoms with E-state index in [1.807, 2.05) is 11.5 Å². The fourth-order valence-corrected chi connectivity index (χ4v) is 4.42. The molecule has 0 radical (unpaired) electrons. The second-order valence-corrected chi connectivity index (χ2v) is 8.88. The summed E-state index contributed by atoms with van der Waals surface area (Å²) in [5.74, 6) is 1.42. The van der Waals surface area contributed by atoms with E-state index < -0.39 is 0 Å². The van der Waals surface area contributed by atoms with Gasteiger partial charge in [-0.25, -0.2) is 4.98 Å². The Bertz CT molecular complexity index is 1050. The van der Waals surface area contributed by atoms with Gasteiger partial charge in [0, 0.05) is 50.6 Å². The van der Waals surface area contributed by atoms with Crippen LogP contribution in [0.1, 0.15) is 25.8 Å². The van der Waals surface area contributed by atoms with Crippen molar-refractivity contribution in [2.45, 2.75) is 25.8 Å². The topological polar surface area (TPSA) is 85.6 Å². The number of aliphatic hydroxyl groups is 1. The highest BCUT2D eigenvalue weighted by molar-refractivity contribution is 5.87. The van der Waals surface area contributed by atoms with Crippen LogP contribution in [0.2, 0.25) is 0 Å². The van der Waals surface area contributed by atoms with Gasteiger partial charge in [-0.3, -0.25) is 0 Å². The highest BCUT2D eigenvalue weighted by atomic mass is 16.3. The first kappa shape index (κ1) is 21.0. The monoisotopic (exact) mass is 436 g/mol. The van der Waals surface area contributed by atoms with Crippen LogP contribution in [0.15, 0.2) is 30.6 Å². The first-order valence-electron chi connectivity index (χ1n) is 11.5. The average Bonchev–Trinajstić information content (AvgIpc) is 3.50. The molecule has 2 fully saturated rings. The summed E-state index contributed by atoms with van der Waals surface area (Å²) in [6, 6.07) is 8.44. The van der Waals surface area contributed by atoms with Crippen molar-refractivity contribution in [3.05, 3.63) is 30.6 Å². The van der Waals surface area contributed by atoms with E-state index in [0.717, 1.165) is 74.9 Å². The minimum Gasteiger partial charge on any atom is -0.394 e. The Labute approximate surface area is 188 Å². The molecule has 170 valence electrons. The molecule has 0 amide bonds. The van der Waals surface area contributed by atoms with Crippen molar-refractivity contribution in [2.75, 3.05) is 68.0 Å². The molecular weight excluding hydrogens is 404 g/mol. The number of imidazole rings is 1. The van der Waals surface area contributed by atoms with Crippen LogP contribution in [-0.4, -0.2) is 82.4 Å². The lowest BCUT2D eigenvalue weighted by molar-refractivity contribution is 0.241. The summed E-state index contributed by atoms with van der Waals surface area (Å²) in [5, 5.41) is 13.2. The molecule has 1 unspecified atom stereocenters. The minimum atomic E-state index is -0.1000. The van der Waals surface area contributed by atoms with Crippen LogP contribution in [0.4, 0.5) is 23.1 Å². The molecule has 2 saturated heterocycles. The molecule has 9 heteroatoms. The lowest BCUT2D eigenvalue weighted by Crippen LogP contribution is -2.44. The van der Waals surface area contributed by atoms with Crippen molar-refractivity contribution in [3.8, 4) is 0 Å². The minimum absolute atomic E-state index is 0.0328. The maximum absolute atomic E-state index is 9.67. The van der Waals surface area contributed by atoms with Gasteiger partial charge in [-0.15, -0.1) is 0 Å². The Morgan fingerprint density at radius 1 is 0.969 bits per heavy atom. The zero-order valence-corrected chi connectivity index (χ0v) is 18.9. The van der Waals surface area contributed by atoms with Gasteiger partial charge in [-0.1, -0.05) is 0 Å². The molecule has 0 bridgehead atoms. The van der Waals surface area contributed by atoms with Crippen LogP contribution in [0, 0.1) is 0 Å². The van der Waals surface area contributed by atoms with E-state index in [4.69, 9.17) is 9.97 Å². The van der Waals surface area contributed by atoms with E-state index in [-0.39, 0.29) is 12.6 Å². The van der Waals surface area contributed by atoms with E-state index in [1.165, 1.54) is 5.69 Å². The SMILES string of the molecule is CC(CO)n1cnc2c(Nc3ccc(N4CCN(C)CC4)cc3)nc(N3CCCC3)nc21. The summed E-state index contributed by atoms with van der Waals surface area (Å²) in [6.07, 6.45) is 4.06. The molecule has 1 aromatic carbocycles. The van der Waals surface area contributed by atoms with E-state index in [2.05, 4.69) is 56.3 Å². The number of aromatic nitrogens is 4. The number of nitrogens with one attached hydrogen (secondary N) is 1. The first-order chi connectivity index (χ1) is 15.6. The Kier molecular flexibility index (Phi) is 5.84. The second-order valence-electron chi connectivity index (χ2n) is 8.88. The van der Waals surface area contributed by atoms with Crippen LogP contribution in [0.3, 0.4) is 0 Å². The average molecular weight is 437 g/mol. The fourth-order valence-electron chi connectivity index (χ4n) is 4.42. The number of benzene rings is 1. The summed E-state index contributed by atoms with van der Waals surface area (Å²) in [7, 11) is 2.17. The van der Waals surface area contributed by atoms with Crippen molar-refractivity contribution in [1.82, 2.24) is 24.4 Å². The van der Waals surface area contributed by atoms with Crippen molar-refractivity contribution in [3.63, 3.8) is 0 Å². The van der Waals surface area contributed by atoms with Gasteiger partial charge in [0.05, 0.1) is 19.0 Å². The van der Waals surface area contributed by atoms with Crippen LogP contribution in [0.5, 0.6) is 0 Å². The number of nitrogens with zero attached hydrogens (tertiary/aromatic N) is 7. The van der Waals surface area contributed by atoms with Gasteiger partial charge >= 0.3 is 0 Å². The van der Waals surface area contributed by atoms with Crippen molar-refractivity contribution in [1.29, 1.82) is 0 Å². The van der Waals surface area contributed by atoms with E-state index in [0.29, 0.717) is 5.82 Å². The number of hydrogen-bond donors (Lipinski definition) is 2. The fraction of sp³-hybridized carbons (Fsp3) is 0.522. The Morgan fingerprint density at radius 2 is 1.69 bits per heavy atom. The summed E-state index contributed by atoms with van der Waals surface area (Å²) < 4.78 is 1.93. The van der Waals surface area contributed by atoms with E-state index >= 15 is 0 Å². The molecule has 1 atom stereocenters.